The van der Waals surface area contributed by atoms with Crippen molar-refractivity contribution in [2.75, 3.05) is 0 Å². The number of carbonyl (C=O) groups is 2. The molecule has 0 aromatic carbocycles. The first-order valence-electron chi connectivity index (χ1n) is 5.15. The molecule has 5 heteroatoms. The van der Waals surface area contributed by atoms with Gasteiger partial charge in [0.2, 0.25) is 0 Å². The van der Waals surface area contributed by atoms with Gasteiger partial charge in [-0.3, -0.25) is 0 Å². The Labute approximate surface area is 94.6 Å². The summed E-state index contributed by atoms with van der Waals surface area (Å²) < 4.78 is 0. The van der Waals surface area contributed by atoms with Crippen molar-refractivity contribution in [1.82, 2.24) is 10.6 Å². The Bertz CT molecular complexity index is 340. The topological polar surface area (TPSA) is 78.4 Å². The molecule has 1 rings (SSSR count). The lowest BCUT2D eigenvalue weighted by Gasteiger charge is -2.22. The fourth-order valence-corrected chi connectivity index (χ4v) is 1.31. The molecule has 0 bridgehead atoms. The van der Waals surface area contributed by atoms with Gasteiger partial charge in [0.05, 0.1) is 5.54 Å². The van der Waals surface area contributed by atoms with Gasteiger partial charge in [-0.1, -0.05) is 5.92 Å². The molecule has 16 heavy (non-hydrogen) atoms. The number of aliphatic carboxylic acids is 1. The first-order valence-corrected chi connectivity index (χ1v) is 5.15. The summed E-state index contributed by atoms with van der Waals surface area (Å²) in [7, 11) is 0. The molecule has 1 atom stereocenters. The Hall–Kier alpha value is -1.70. The third-order valence-corrected chi connectivity index (χ3v) is 2.43. The van der Waals surface area contributed by atoms with Gasteiger partial charge >= 0.3 is 12.0 Å². The number of carboxylic acid groups (broad SMARTS) is 1. The number of hydrogen-bond acceptors (Lipinski definition) is 2. The maximum Gasteiger partial charge on any atom is 0.326 e. The minimum absolute atomic E-state index is 0.0530. The summed E-state index contributed by atoms with van der Waals surface area (Å²) in [5.74, 6) is 1.45. The molecule has 0 spiro atoms. The van der Waals surface area contributed by atoms with E-state index in [1.54, 1.807) is 13.8 Å². The van der Waals surface area contributed by atoms with E-state index in [1.807, 2.05) is 0 Å². The van der Waals surface area contributed by atoms with Gasteiger partial charge in [0.15, 0.2) is 0 Å². The lowest BCUT2D eigenvalue weighted by atomic mass is 10.1. The summed E-state index contributed by atoms with van der Waals surface area (Å²) in [5.41, 5.74) is -0.781. The van der Waals surface area contributed by atoms with E-state index < -0.39 is 23.6 Å². The van der Waals surface area contributed by atoms with E-state index in [0.29, 0.717) is 0 Å². The zero-order chi connectivity index (χ0) is 12.3. The van der Waals surface area contributed by atoms with Crippen LogP contribution in [-0.4, -0.2) is 28.7 Å². The van der Waals surface area contributed by atoms with Crippen LogP contribution in [0.25, 0.3) is 0 Å². The predicted octanol–water partition coefficient (Wildman–Crippen LogP) is 0.561. The first kappa shape index (κ1) is 12.4. The molecule has 2 amide bonds. The van der Waals surface area contributed by atoms with Gasteiger partial charge in [0, 0.05) is 0 Å². The molecule has 1 fully saturated rings. The zero-order valence-electron chi connectivity index (χ0n) is 9.41. The summed E-state index contributed by atoms with van der Waals surface area (Å²) in [5, 5.41) is 13.9. The summed E-state index contributed by atoms with van der Waals surface area (Å²) in [6.45, 7) is 3.33. The zero-order valence-corrected chi connectivity index (χ0v) is 9.41. The number of urea groups is 1. The van der Waals surface area contributed by atoms with Crippen LogP contribution in [0.1, 0.15) is 26.7 Å². The van der Waals surface area contributed by atoms with Crippen molar-refractivity contribution < 1.29 is 14.7 Å². The number of rotatable bonds is 4. The van der Waals surface area contributed by atoms with Crippen LogP contribution >= 0.6 is 0 Å². The Morgan fingerprint density at radius 3 is 2.44 bits per heavy atom. The van der Waals surface area contributed by atoms with Crippen molar-refractivity contribution >= 4 is 12.0 Å². The second-order valence-electron chi connectivity index (χ2n) is 4.52. The average Bonchev–Trinajstić information content (AvgIpc) is 2.96. The van der Waals surface area contributed by atoms with Gasteiger partial charge < -0.3 is 15.7 Å². The SMILES string of the molecule is C#CC(C)(C)NC(=O)NC(C(=O)O)C1CC1. The molecule has 0 heterocycles. The van der Waals surface area contributed by atoms with Crippen LogP contribution in [-0.2, 0) is 4.79 Å². The highest BCUT2D eigenvalue weighted by Crippen LogP contribution is 2.32. The van der Waals surface area contributed by atoms with Gasteiger partial charge in [-0.15, -0.1) is 6.42 Å². The standard InChI is InChI=1S/C11H16N2O3/c1-4-11(2,3)13-10(16)12-8(9(14)15)7-5-6-7/h1,7-8H,5-6H2,2-3H3,(H,14,15)(H2,12,13,16). The highest BCUT2D eigenvalue weighted by atomic mass is 16.4. The molecule has 5 nitrogen and oxygen atoms in total. The largest absolute Gasteiger partial charge is 0.480 e. The molecule has 1 aliphatic rings. The number of hydrogen-bond donors (Lipinski definition) is 3. The van der Waals surface area contributed by atoms with Crippen molar-refractivity contribution in [3.8, 4) is 12.3 Å². The first-order chi connectivity index (χ1) is 7.35. The highest BCUT2D eigenvalue weighted by Gasteiger charge is 2.37. The van der Waals surface area contributed by atoms with Gasteiger partial charge in [0.25, 0.3) is 0 Å². The van der Waals surface area contributed by atoms with Crippen LogP contribution in [0.5, 0.6) is 0 Å². The van der Waals surface area contributed by atoms with Crippen molar-refractivity contribution in [1.29, 1.82) is 0 Å². The summed E-state index contributed by atoms with van der Waals surface area (Å²) in [6, 6.07) is -1.35. The monoisotopic (exact) mass is 224 g/mol. The molecule has 1 saturated carbocycles. The van der Waals surface area contributed by atoms with Gasteiger partial charge in [0.1, 0.15) is 6.04 Å². The van der Waals surface area contributed by atoms with Gasteiger partial charge in [-0.05, 0) is 32.6 Å². The number of terminal acetylenes is 1. The van der Waals surface area contributed by atoms with Gasteiger partial charge in [-0.25, -0.2) is 9.59 Å². The molecule has 3 N–H and O–H groups in total. The van der Waals surface area contributed by atoms with Crippen LogP contribution in [0.3, 0.4) is 0 Å². The van der Waals surface area contributed by atoms with Crippen molar-refractivity contribution in [3.63, 3.8) is 0 Å². The summed E-state index contributed by atoms with van der Waals surface area (Å²) in [6.07, 6.45) is 6.89. The molecular weight excluding hydrogens is 208 g/mol. The Morgan fingerprint density at radius 1 is 1.50 bits per heavy atom. The fraction of sp³-hybridized carbons (Fsp3) is 0.636. The van der Waals surface area contributed by atoms with Crippen LogP contribution in [0.2, 0.25) is 0 Å². The average molecular weight is 224 g/mol. The van der Waals surface area contributed by atoms with E-state index in [2.05, 4.69) is 16.6 Å². The quantitative estimate of drug-likeness (QED) is 0.610. The molecule has 1 aliphatic carbocycles. The number of carbonyl (C=O) groups excluding carboxylic acids is 1. The second-order valence-corrected chi connectivity index (χ2v) is 4.52. The van der Waals surface area contributed by atoms with Crippen molar-refractivity contribution in [2.45, 2.75) is 38.3 Å². The van der Waals surface area contributed by atoms with Crippen molar-refractivity contribution in [3.05, 3.63) is 0 Å². The minimum Gasteiger partial charge on any atom is -0.480 e. The molecule has 1 unspecified atom stereocenters. The maximum atomic E-state index is 11.5. The lowest BCUT2D eigenvalue weighted by Crippen LogP contribution is -2.52. The minimum atomic E-state index is -1.00. The maximum absolute atomic E-state index is 11.5. The molecule has 88 valence electrons. The molecule has 0 aliphatic heterocycles. The van der Waals surface area contributed by atoms with Crippen LogP contribution in [0, 0.1) is 18.3 Å². The smallest absolute Gasteiger partial charge is 0.326 e. The van der Waals surface area contributed by atoms with E-state index in [9.17, 15) is 9.59 Å². The summed E-state index contributed by atoms with van der Waals surface area (Å²) >= 11 is 0. The van der Waals surface area contributed by atoms with E-state index in [4.69, 9.17) is 11.5 Å². The van der Waals surface area contributed by atoms with E-state index in [-0.39, 0.29) is 5.92 Å². The third-order valence-electron chi connectivity index (χ3n) is 2.43. The van der Waals surface area contributed by atoms with Crippen LogP contribution < -0.4 is 10.6 Å². The van der Waals surface area contributed by atoms with Crippen LogP contribution in [0.15, 0.2) is 0 Å². The number of carboxylic acids is 1. The normalized spacial score (nSPS) is 17.1. The Morgan fingerprint density at radius 2 is 2.06 bits per heavy atom. The third kappa shape index (κ3) is 3.46. The van der Waals surface area contributed by atoms with E-state index in [0.717, 1.165) is 12.8 Å². The second kappa shape index (κ2) is 4.44. The molecule has 0 aromatic rings. The Kier molecular flexibility index (Phi) is 3.43. The van der Waals surface area contributed by atoms with E-state index in [1.165, 1.54) is 0 Å². The predicted molar refractivity (Wildman–Crippen MR) is 58.7 cm³/mol. The number of nitrogens with one attached hydrogen (secondary N) is 2. The van der Waals surface area contributed by atoms with E-state index >= 15 is 0 Å². The number of amides is 2. The van der Waals surface area contributed by atoms with Gasteiger partial charge in [-0.2, -0.15) is 0 Å². The highest BCUT2D eigenvalue weighted by molar-refractivity contribution is 5.83. The molecule has 0 aromatic heterocycles. The molecule has 0 saturated heterocycles. The van der Waals surface area contributed by atoms with Crippen LogP contribution in [0.4, 0.5) is 4.79 Å². The van der Waals surface area contributed by atoms with Crippen molar-refractivity contribution in [2.24, 2.45) is 5.92 Å². The Balaban J connectivity index is 2.50. The summed E-state index contributed by atoms with van der Waals surface area (Å²) in [4.78, 5) is 22.4. The fourth-order valence-electron chi connectivity index (χ4n) is 1.31. The molecule has 0 radical (unpaired) electrons. The lowest BCUT2D eigenvalue weighted by molar-refractivity contribution is -0.139. The molecular formula is C11H16N2O3.